The number of carbonyl (C=O) groups is 3. The van der Waals surface area contributed by atoms with Gasteiger partial charge in [-0.1, -0.05) is 13.8 Å². The fourth-order valence-corrected chi connectivity index (χ4v) is 1.03. The molecule has 0 aliphatic rings. The van der Waals surface area contributed by atoms with Gasteiger partial charge in [0, 0.05) is 20.0 Å². The number of ether oxygens (including phenoxy) is 2. The number of nitrogens with one attached hydrogen (secondary N) is 2. The number of amides is 2. The van der Waals surface area contributed by atoms with Crippen LogP contribution in [0.5, 0.6) is 0 Å². The first kappa shape index (κ1) is 21.6. The number of rotatable bonds is 11. The molecule has 0 aliphatic heterocycles. The number of carbonyl (C=O) groups excluding carboxylic acids is 2. The van der Waals surface area contributed by atoms with Crippen molar-refractivity contribution in [3.05, 3.63) is 0 Å². The standard InChI is InChI=1S/C11H20N2O6.C2H6/c1-12-10(15)8-19-7-6-18-5-4-13-9(14)2-3-11(16)17;1-2/h2-8H2,1H3,(H,12,15)(H,13,14)(H,16,17);1-2H3. The van der Waals surface area contributed by atoms with E-state index in [1.807, 2.05) is 13.8 Å². The van der Waals surface area contributed by atoms with Crippen LogP contribution in [0.15, 0.2) is 0 Å². The molecule has 0 radical (unpaired) electrons. The van der Waals surface area contributed by atoms with E-state index in [1.165, 1.54) is 7.05 Å². The van der Waals surface area contributed by atoms with Gasteiger partial charge in [-0.05, 0) is 0 Å². The molecule has 2 amide bonds. The Morgan fingerprint density at radius 3 is 2.14 bits per heavy atom. The average molecular weight is 306 g/mol. The molecule has 0 aromatic heterocycles. The van der Waals surface area contributed by atoms with Crippen molar-refractivity contribution in [2.24, 2.45) is 0 Å². The zero-order chi connectivity index (χ0) is 16.5. The SMILES string of the molecule is CC.CNC(=O)COCCOCCNC(=O)CCC(=O)O. The highest BCUT2D eigenvalue weighted by atomic mass is 16.5. The Labute approximate surface area is 125 Å². The summed E-state index contributed by atoms with van der Waals surface area (Å²) in [6, 6.07) is 0. The molecule has 0 saturated carbocycles. The molecular weight excluding hydrogens is 280 g/mol. The van der Waals surface area contributed by atoms with Crippen molar-refractivity contribution in [3.63, 3.8) is 0 Å². The third kappa shape index (κ3) is 18.3. The molecule has 0 saturated heterocycles. The summed E-state index contributed by atoms with van der Waals surface area (Å²) in [7, 11) is 1.52. The predicted octanol–water partition coefficient (Wildman–Crippen LogP) is -0.227. The second-order valence-electron chi connectivity index (χ2n) is 3.58. The lowest BCUT2D eigenvalue weighted by Gasteiger charge is -2.06. The first-order valence-corrected chi connectivity index (χ1v) is 6.90. The van der Waals surface area contributed by atoms with Gasteiger partial charge in [-0.3, -0.25) is 14.4 Å². The van der Waals surface area contributed by atoms with Crippen LogP contribution in [0.1, 0.15) is 26.7 Å². The lowest BCUT2D eigenvalue weighted by Crippen LogP contribution is -2.28. The fraction of sp³-hybridized carbons (Fsp3) is 0.769. The largest absolute Gasteiger partial charge is 0.481 e. The van der Waals surface area contributed by atoms with Crippen molar-refractivity contribution in [1.82, 2.24) is 10.6 Å². The molecule has 0 rings (SSSR count). The van der Waals surface area contributed by atoms with Gasteiger partial charge in [0.25, 0.3) is 0 Å². The van der Waals surface area contributed by atoms with Gasteiger partial charge in [0.1, 0.15) is 6.61 Å². The van der Waals surface area contributed by atoms with Crippen molar-refractivity contribution in [2.75, 3.05) is 40.0 Å². The van der Waals surface area contributed by atoms with E-state index in [1.54, 1.807) is 0 Å². The molecule has 0 bridgehead atoms. The number of hydrogen-bond acceptors (Lipinski definition) is 5. The maximum atomic E-state index is 11.1. The van der Waals surface area contributed by atoms with Gasteiger partial charge < -0.3 is 25.2 Å². The van der Waals surface area contributed by atoms with Gasteiger partial charge in [-0.25, -0.2) is 0 Å². The second-order valence-corrected chi connectivity index (χ2v) is 3.58. The van der Waals surface area contributed by atoms with Crippen LogP contribution in [0, 0.1) is 0 Å². The van der Waals surface area contributed by atoms with Crippen LogP contribution >= 0.6 is 0 Å². The van der Waals surface area contributed by atoms with Crippen LogP contribution in [0.4, 0.5) is 0 Å². The quantitative estimate of drug-likeness (QED) is 0.454. The summed E-state index contributed by atoms with van der Waals surface area (Å²) in [5.41, 5.74) is 0. The maximum Gasteiger partial charge on any atom is 0.303 e. The zero-order valence-corrected chi connectivity index (χ0v) is 12.9. The summed E-state index contributed by atoms with van der Waals surface area (Å²) < 4.78 is 10.1. The molecule has 21 heavy (non-hydrogen) atoms. The molecule has 3 N–H and O–H groups in total. The summed E-state index contributed by atoms with van der Waals surface area (Å²) in [4.78, 5) is 32.1. The Kier molecular flexibility index (Phi) is 16.9. The topological polar surface area (TPSA) is 114 Å². The molecular formula is C13H26N2O6. The van der Waals surface area contributed by atoms with E-state index in [9.17, 15) is 14.4 Å². The molecule has 0 atom stereocenters. The molecule has 0 aromatic rings. The lowest BCUT2D eigenvalue weighted by atomic mass is 10.3. The molecule has 0 fully saturated rings. The summed E-state index contributed by atoms with van der Waals surface area (Å²) in [5, 5.41) is 13.3. The molecule has 0 spiro atoms. The average Bonchev–Trinajstić information content (AvgIpc) is 2.49. The van der Waals surface area contributed by atoms with Crippen molar-refractivity contribution in [1.29, 1.82) is 0 Å². The summed E-state index contributed by atoms with van der Waals surface area (Å²) >= 11 is 0. The molecule has 8 nitrogen and oxygen atoms in total. The monoisotopic (exact) mass is 306 g/mol. The van der Waals surface area contributed by atoms with E-state index in [0.717, 1.165) is 0 Å². The van der Waals surface area contributed by atoms with Crippen LogP contribution < -0.4 is 10.6 Å². The van der Waals surface area contributed by atoms with Gasteiger partial charge in [-0.15, -0.1) is 0 Å². The molecule has 0 aromatic carbocycles. The smallest absolute Gasteiger partial charge is 0.303 e. The number of carboxylic acid groups (broad SMARTS) is 1. The summed E-state index contributed by atoms with van der Waals surface area (Å²) in [5.74, 6) is -1.52. The van der Waals surface area contributed by atoms with Gasteiger partial charge in [0.15, 0.2) is 0 Å². The number of carboxylic acids is 1. The zero-order valence-electron chi connectivity index (χ0n) is 12.9. The Bertz CT molecular complexity index is 296. The van der Waals surface area contributed by atoms with Gasteiger partial charge in [0.05, 0.1) is 26.2 Å². The minimum atomic E-state index is -1.00. The highest BCUT2D eigenvalue weighted by molar-refractivity contribution is 5.80. The minimum absolute atomic E-state index is 0.00815. The molecule has 0 heterocycles. The van der Waals surface area contributed by atoms with Crippen LogP contribution in [-0.2, 0) is 23.9 Å². The number of likely N-dealkylation sites (N-methyl/N-ethyl adjacent to an activating group) is 1. The van der Waals surface area contributed by atoms with E-state index in [4.69, 9.17) is 14.6 Å². The van der Waals surface area contributed by atoms with E-state index in [2.05, 4.69) is 10.6 Å². The highest BCUT2D eigenvalue weighted by Gasteiger charge is 2.04. The van der Waals surface area contributed by atoms with Crippen molar-refractivity contribution in [3.8, 4) is 0 Å². The van der Waals surface area contributed by atoms with Gasteiger partial charge in [-0.2, -0.15) is 0 Å². The highest BCUT2D eigenvalue weighted by Crippen LogP contribution is 1.88. The predicted molar refractivity (Wildman–Crippen MR) is 76.9 cm³/mol. The van der Waals surface area contributed by atoms with Crippen molar-refractivity contribution < 1.29 is 29.0 Å². The Morgan fingerprint density at radius 2 is 1.57 bits per heavy atom. The van der Waals surface area contributed by atoms with E-state index >= 15 is 0 Å². The summed E-state index contributed by atoms with van der Waals surface area (Å²) in [6.07, 6.45) is -0.218. The van der Waals surface area contributed by atoms with Crippen LogP contribution in [-0.4, -0.2) is 62.9 Å². The number of hydrogen-bond donors (Lipinski definition) is 3. The summed E-state index contributed by atoms with van der Waals surface area (Å²) in [6.45, 7) is 5.23. The fourth-order valence-electron chi connectivity index (χ4n) is 1.03. The van der Waals surface area contributed by atoms with Crippen LogP contribution in [0.25, 0.3) is 0 Å². The Morgan fingerprint density at radius 1 is 0.952 bits per heavy atom. The minimum Gasteiger partial charge on any atom is -0.481 e. The van der Waals surface area contributed by atoms with Crippen molar-refractivity contribution in [2.45, 2.75) is 26.7 Å². The van der Waals surface area contributed by atoms with E-state index in [-0.39, 0.29) is 31.3 Å². The molecule has 0 aliphatic carbocycles. The molecule has 8 heteroatoms. The van der Waals surface area contributed by atoms with E-state index in [0.29, 0.717) is 26.4 Å². The van der Waals surface area contributed by atoms with Gasteiger partial charge in [0.2, 0.25) is 11.8 Å². The number of aliphatic carboxylic acids is 1. The first-order chi connectivity index (χ1) is 10.1. The Balaban J connectivity index is 0. The second kappa shape index (κ2) is 16.4. The lowest BCUT2D eigenvalue weighted by molar-refractivity contribution is -0.138. The maximum absolute atomic E-state index is 11.1. The third-order valence-electron chi connectivity index (χ3n) is 2.02. The first-order valence-electron chi connectivity index (χ1n) is 6.90. The van der Waals surface area contributed by atoms with Crippen LogP contribution in [0.2, 0.25) is 0 Å². The third-order valence-corrected chi connectivity index (χ3v) is 2.02. The van der Waals surface area contributed by atoms with E-state index < -0.39 is 5.97 Å². The molecule has 0 unspecified atom stereocenters. The molecule has 124 valence electrons. The Hall–Kier alpha value is -1.67. The normalized spacial score (nSPS) is 9.29. The van der Waals surface area contributed by atoms with Crippen molar-refractivity contribution >= 4 is 17.8 Å². The van der Waals surface area contributed by atoms with Gasteiger partial charge >= 0.3 is 5.97 Å². The van der Waals surface area contributed by atoms with Crippen LogP contribution in [0.3, 0.4) is 0 Å².